The van der Waals surface area contributed by atoms with Crippen LogP contribution >= 0.6 is 0 Å². The summed E-state index contributed by atoms with van der Waals surface area (Å²) in [6.07, 6.45) is 7.20. The average molecular weight is 406 g/mol. The number of hydrogen-bond acceptors (Lipinski definition) is 7. The molecule has 156 valence electrons. The fraction of sp³-hybridized carbons (Fsp3) is 0.524. The summed E-state index contributed by atoms with van der Waals surface area (Å²) >= 11 is 0. The Balaban J connectivity index is 1.39. The molecule has 3 aromatic rings. The lowest BCUT2D eigenvalue weighted by Gasteiger charge is -2.39. The minimum atomic E-state index is 0.369. The van der Waals surface area contributed by atoms with E-state index in [4.69, 9.17) is 10.2 Å². The van der Waals surface area contributed by atoms with E-state index in [1.165, 1.54) is 12.8 Å². The zero-order valence-corrected chi connectivity index (χ0v) is 17.4. The first-order valence-electron chi connectivity index (χ1n) is 10.6. The molecule has 0 unspecified atom stereocenters. The van der Waals surface area contributed by atoms with E-state index < -0.39 is 0 Å². The zero-order chi connectivity index (χ0) is 20.7. The van der Waals surface area contributed by atoms with Crippen molar-refractivity contribution < 1.29 is 0 Å². The summed E-state index contributed by atoms with van der Waals surface area (Å²) in [5.74, 6) is 2.08. The first kappa shape index (κ1) is 18.9. The van der Waals surface area contributed by atoms with Gasteiger partial charge in [0.15, 0.2) is 5.82 Å². The number of nitrogens with one attached hydrogen (secondary N) is 4. The number of hydrogen-bond donors (Lipinski definition) is 4. The molecule has 3 aromatic heterocycles. The van der Waals surface area contributed by atoms with Gasteiger partial charge in [-0.2, -0.15) is 20.3 Å². The SMILES string of the molecule is Cc1cc(Nc2nc(N[C@@H]3C[C@H]4CC[C@@H](C3)N4CCC#N)c3c(C)c[nH]c3n2)n[nH]1. The molecule has 9 heteroatoms. The van der Waals surface area contributed by atoms with Crippen LogP contribution in [0.4, 0.5) is 17.6 Å². The number of rotatable bonds is 6. The molecular weight excluding hydrogens is 378 g/mol. The molecule has 0 aromatic carbocycles. The van der Waals surface area contributed by atoms with Crippen LogP contribution in [-0.2, 0) is 0 Å². The van der Waals surface area contributed by atoms with Crippen LogP contribution in [0.25, 0.3) is 11.0 Å². The van der Waals surface area contributed by atoms with E-state index in [1.54, 1.807) is 0 Å². The maximum atomic E-state index is 8.96. The van der Waals surface area contributed by atoms with Crippen LogP contribution in [0, 0.1) is 25.2 Å². The highest BCUT2D eigenvalue weighted by molar-refractivity contribution is 5.91. The molecule has 0 amide bonds. The molecule has 5 heterocycles. The third-order valence-corrected chi connectivity index (χ3v) is 6.38. The van der Waals surface area contributed by atoms with Crippen LogP contribution in [0.1, 0.15) is 43.4 Å². The van der Waals surface area contributed by atoms with Gasteiger partial charge in [0.25, 0.3) is 0 Å². The van der Waals surface area contributed by atoms with Crippen LogP contribution in [0.2, 0.25) is 0 Å². The van der Waals surface area contributed by atoms with Gasteiger partial charge in [0, 0.05) is 49.0 Å². The van der Waals surface area contributed by atoms with Crippen molar-refractivity contribution in [2.24, 2.45) is 0 Å². The van der Waals surface area contributed by atoms with Gasteiger partial charge in [0.1, 0.15) is 11.5 Å². The number of aromatic nitrogens is 5. The number of fused-ring (bicyclic) bond motifs is 3. The molecule has 2 saturated heterocycles. The van der Waals surface area contributed by atoms with Crippen LogP contribution in [0.5, 0.6) is 0 Å². The van der Waals surface area contributed by atoms with Crippen molar-refractivity contribution in [3.63, 3.8) is 0 Å². The third kappa shape index (κ3) is 3.48. The molecule has 2 aliphatic heterocycles. The molecule has 9 nitrogen and oxygen atoms in total. The molecule has 0 aliphatic carbocycles. The molecule has 5 rings (SSSR count). The first-order chi connectivity index (χ1) is 14.6. The molecule has 0 spiro atoms. The predicted molar refractivity (Wildman–Crippen MR) is 116 cm³/mol. The number of aryl methyl sites for hydroxylation is 2. The molecule has 3 atom stereocenters. The van der Waals surface area contributed by atoms with Gasteiger partial charge in [-0.1, -0.05) is 0 Å². The highest BCUT2D eigenvalue weighted by Crippen LogP contribution is 2.37. The normalized spacial score (nSPS) is 23.6. The van der Waals surface area contributed by atoms with Crippen molar-refractivity contribution in [1.82, 2.24) is 30.0 Å². The Labute approximate surface area is 175 Å². The summed E-state index contributed by atoms with van der Waals surface area (Å²) in [6.45, 7) is 4.93. The lowest BCUT2D eigenvalue weighted by Crippen LogP contribution is -2.47. The number of nitriles is 1. The van der Waals surface area contributed by atoms with E-state index >= 15 is 0 Å². The van der Waals surface area contributed by atoms with E-state index in [0.717, 1.165) is 47.5 Å². The Bertz CT molecular complexity index is 1080. The fourth-order valence-electron chi connectivity index (χ4n) is 5.07. The van der Waals surface area contributed by atoms with Gasteiger partial charge in [-0.05, 0) is 45.1 Å². The minimum Gasteiger partial charge on any atom is -0.366 e. The summed E-state index contributed by atoms with van der Waals surface area (Å²) in [7, 11) is 0. The standard InChI is InChI=1S/C21H27N9/c1-12-11-23-19-18(12)20(27-21(26-19)25-17-8-13(2)28-29-17)24-14-9-15-4-5-16(10-14)30(15)7-3-6-22/h8,11,14-16H,3-5,7,9-10H2,1-2H3,(H4,23,24,25,26,27,28,29)/t14-,15-,16+. The number of anilines is 3. The highest BCUT2D eigenvalue weighted by Gasteiger charge is 2.40. The Morgan fingerprint density at radius 3 is 2.73 bits per heavy atom. The van der Waals surface area contributed by atoms with Gasteiger partial charge in [-0.15, -0.1) is 0 Å². The van der Waals surface area contributed by atoms with Crippen LogP contribution < -0.4 is 10.6 Å². The molecule has 2 aliphatic rings. The highest BCUT2D eigenvalue weighted by atomic mass is 15.3. The number of aromatic amines is 2. The van der Waals surface area contributed by atoms with Gasteiger partial charge >= 0.3 is 0 Å². The van der Waals surface area contributed by atoms with Crippen molar-refractivity contribution in [3.8, 4) is 6.07 Å². The van der Waals surface area contributed by atoms with Crippen LogP contribution in [0.15, 0.2) is 12.3 Å². The van der Waals surface area contributed by atoms with Gasteiger partial charge in [0.2, 0.25) is 5.95 Å². The average Bonchev–Trinajstić information content (AvgIpc) is 3.36. The smallest absolute Gasteiger partial charge is 0.232 e. The van der Waals surface area contributed by atoms with Gasteiger partial charge in [0.05, 0.1) is 11.5 Å². The summed E-state index contributed by atoms with van der Waals surface area (Å²) in [5.41, 5.74) is 2.92. The second-order valence-electron chi connectivity index (χ2n) is 8.50. The fourth-order valence-corrected chi connectivity index (χ4v) is 5.07. The number of piperidine rings is 1. The lowest BCUT2D eigenvalue weighted by atomic mass is 9.97. The van der Waals surface area contributed by atoms with E-state index in [0.29, 0.717) is 36.3 Å². The van der Waals surface area contributed by atoms with Gasteiger partial charge < -0.3 is 15.6 Å². The van der Waals surface area contributed by atoms with Crippen molar-refractivity contribution in [2.45, 2.75) is 64.1 Å². The zero-order valence-electron chi connectivity index (χ0n) is 17.4. The maximum Gasteiger partial charge on any atom is 0.232 e. The number of H-pyrrole nitrogens is 2. The van der Waals surface area contributed by atoms with Gasteiger partial charge in [-0.3, -0.25) is 10.00 Å². The van der Waals surface area contributed by atoms with E-state index in [9.17, 15) is 0 Å². The molecule has 0 radical (unpaired) electrons. The molecule has 2 fully saturated rings. The van der Waals surface area contributed by atoms with Crippen LogP contribution in [0.3, 0.4) is 0 Å². The van der Waals surface area contributed by atoms with E-state index in [2.05, 4.69) is 48.7 Å². The topological polar surface area (TPSA) is 121 Å². The second kappa shape index (κ2) is 7.61. The van der Waals surface area contributed by atoms with Crippen LogP contribution in [-0.4, -0.2) is 54.7 Å². The summed E-state index contributed by atoms with van der Waals surface area (Å²) in [4.78, 5) is 15.2. The molecule has 4 N–H and O–H groups in total. The van der Waals surface area contributed by atoms with Crippen molar-refractivity contribution in [2.75, 3.05) is 17.2 Å². The largest absolute Gasteiger partial charge is 0.366 e. The molecule has 0 saturated carbocycles. The lowest BCUT2D eigenvalue weighted by molar-refractivity contribution is 0.136. The van der Waals surface area contributed by atoms with Crippen molar-refractivity contribution >= 4 is 28.6 Å². The summed E-state index contributed by atoms with van der Waals surface area (Å²) in [5, 5.41) is 24.1. The Morgan fingerprint density at radius 1 is 1.23 bits per heavy atom. The quantitative estimate of drug-likeness (QED) is 0.496. The first-order valence-corrected chi connectivity index (χ1v) is 10.6. The number of nitrogens with zero attached hydrogens (tertiary/aromatic N) is 5. The monoisotopic (exact) mass is 405 g/mol. The van der Waals surface area contributed by atoms with Crippen molar-refractivity contribution in [1.29, 1.82) is 5.26 Å². The predicted octanol–water partition coefficient (Wildman–Crippen LogP) is 3.36. The minimum absolute atomic E-state index is 0.369. The maximum absolute atomic E-state index is 8.96. The Hall–Kier alpha value is -3.12. The summed E-state index contributed by atoms with van der Waals surface area (Å²) < 4.78 is 0. The second-order valence-corrected chi connectivity index (χ2v) is 8.50. The van der Waals surface area contributed by atoms with Gasteiger partial charge in [-0.25, -0.2) is 0 Å². The van der Waals surface area contributed by atoms with E-state index in [-0.39, 0.29) is 0 Å². The Morgan fingerprint density at radius 2 is 2.03 bits per heavy atom. The third-order valence-electron chi connectivity index (χ3n) is 6.38. The molecule has 2 bridgehead atoms. The molecular formula is C21H27N9. The van der Waals surface area contributed by atoms with E-state index in [1.807, 2.05) is 19.2 Å². The summed E-state index contributed by atoms with van der Waals surface area (Å²) in [6, 6.07) is 5.71. The Kier molecular flexibility index (Phi) is 4.79. The van der Waals surface area contributed by atoms with Crippen molar-refractivity contribution in [3.05, 3.63) is 23.5 Å². The molecule has 30 heavy (non-hydrogen) atoms.